The number of nitrogens with one attached hydrogen (secondary N) is 2. The minimum absolute atomic E-state index is 0.0884. The summed E-state index contributed by atoms with van der Waals surface area (Å²) < 4.78 is 41.2. The lowest BCUT2D eigenvalue weighted by Crippen LogP contribution is -2.11. The summed E-state index contributed by atoms with van der Waals surface area (Å²) in [4.78, 5) is 0. The molecule has 0 spiro atoms. The fourth-order valence-electron chi connectivity index (χ4n) is 1.52. The molecular weight excluding hydrogens is 295 g/mol. The fraction of sp³-hybridized carbons (Fsp3) is 0.182. The molecule has 0 bridgehead atoms. The van der Waals surface area contributed by atoms with E-state index in [2.05, 4.69) is 22.7 Å². The highest BCUT2D eigenvalue weighted by Crippen LogP contribution is 2.37. The molecule has 0 amide bonds. The predicted molar refractivity (Wildman–Crippen MR) is 71.2 cm³/mol. The Bertz CT molecular complexity index is 563. The van der Waals surface area contributed by atoms with Crippen molar-refractivity contribution in [1.82, 2.24) is 4.72 Å². The van der Waals surface area contributed by atoms with Crippen molar-refractivity contribution in [2.24, 2.45) is 0 Å². The second kappa shape index (κ2) is 5.36. The van der Waals surface area contributed by atoms with Crippen molar-refractivity contribution in [3.63, 3.8) is 0 Å². The zero-order valence-corrected chi connectivity index (χ0v) is 11.0. The van der Waals surface area contributed by atoms with Crippen LogP contribution in [-0.2, 0) is 6.18 Å². The maximum atomic E-state index is 12.8. The van der Waals surface area contributed by atoms with Crippen molar-refractivity contribution in [3.05, 3.63) is 40.4 Å². The Morgan fingerprint density at radius 3 is 2.68 bits per heavy atom. The Kier molecular flexibility index (Phi) is 3.99. The Morgan fingerprint density at radius 2 is 2.05 bits per heavy atom. The molecule has 0 saturated heterocycles. The number of anilines is 1. The summed E-state index contributed by atoms with van der Waals surface area (Å²) in [6.45, 7) is 0. The van der Waals surface area contributed by atoms with E-state index >= 15 is 0 Å². The summed E-state index contributed by atoms with van der Waals surface area (Å²) in [7, 11) is 0. The van der Waals surface area contributed by atoms with Crippen LogP contribution < -0.4 is 10.0 Å². The van der Waals surface area contributed by atoms with Gasteiger partial charge in [0.2, 0.25) is 0 Å². The van der Waals surface area contributed by atoms with Crippen LogP contribution in [0, 0.1) is 11.3 Å². The van der Waals surface area contributed by atoms with Crippen LogP contribution in [-0.4, -0.2) is 5.37 Å². The van der Waals surface area contributed by atoms with Crippen molar-refractivity contribution in [1.29, 1.82) is 5.26 Å². The van der Waals surface area contributed by atoms with E-state index in [4.69, 9.17) is 5.26 Å². The molecule has 100 valence electrons. The first-order valence-electron chi connectivity index (χ1n) is 5.11. The van der Waals surface area contributed by atoms with Gasteiger partial charge in [-0.3, -0.25) is 0 Å². The SMILES string of the molecule is N#CC1=C(Nc2ccccc2C(F)(F)F)SNC1S. The van der Waals surface area contributed by atoms with E-state index in [0.29, 0.717) is 5.03 Å². The molecule has 0 radical (unpaired) electrons. The average molecular weight is 303 g/mol. The third-order valence-corrected chi connectivity index (χ3v) is 3.83. The molecule has 1 heterocycles. The van der Waals surface area contributed by atoms with Crippen molar-refractivity contribution in [2.45, 2.75) is 11.6 Å². The zero-order chi connectivity index (χ0) is 14.0. The Morgan fingerprint density at radius 1 is 1.37 bits per heavy atom. The van der Waals surface area contributed by atoms with Crippen LogP contribution in [0.25, 0.3) is 0 Å². The molecule has 1 atom stereocenters. The molecule has 2 rings (SSSR count). The van der Waals surface area contributed by atoms with Crippen LogP contribution in [0.1, 0.15) is 5.56 Å². The normalized spacial score (nSPS) is 19.4. The van der Waals surface area contributed by atoms with E-state index in [1.165, 1.54) is 18.2 Å². The van der Waals surface area contributed by atoms with Gasteiger partial charge in [-0.2, -0.15) is 31.1 Å². The monoisotopic (exact) mass is 303 g/mol. The lowest BCUT2D eigenvalue weighted by Gasteiger charge is -2.14. The third kappa shape index (κ3) is 3.00. The van der Waals surface area contributed by atoms with Gasteiger partial charge in [0.05, 0.1) is 22.2 Å². The standard InChI is InChI=1S/C11H8F3N3S2/c12-11(13,14)7-3-1-2-4-8(7)16-10-6(5-15)9(18)17-19-10/h1-4,9,16-18H. The van der Waals surface area contributed by atoms with Crippen LogP contribution >= 0.6 is 24.6 Å². The predicted octanol–water partition coefficient (Wildman–Crippen LogP) is 3.36. The van der Waals surface area contributed by atoms with Crippen LogP contribution in [0.15, 0.2) is 34.9 Å². The summed E-state index contributed by atoms with van der Waals surface area (Å²) in [5.41, 5.74) is -0.595. The van der Waals surface area contributed by atoms with E-state index in [9.17, 15) is 13.2 Å². The van der Waals surface area contributed by atoms with Crippen molar-refractivity contribution < 1.29 is 13.2 Å². The fourth-order valence-corrected chi connectivity index (χ4v) is 2.73. The van der Waals surface area contributed by atoms with Crippen LogP contribution in [0.2, 0.25) is 0 Å². The van der Waals surface area contributed by atoms with Gasteiger partial charge >= 0.3 is 6.18 Å². The van der Waals surface area contributed by atoms with Crippen LogP contribution in [0.3, 0.4) is 0 Å². The van der Waals surface area contributed by atoms with E-state index in [1.54, 1.807) is 0 Å². The van der Waals surface area contributed by atoms with E-state index < -0.39 is 17.1 Å². The number of nitriles is 1. The smallest absolute Gasteiger partial charge is 0.348 e. The van der Waals surface area contributed by atoms with Gasteiger partial charge in [0, 0.05) is 0 Å². The Balaban J connectivity index is 2.36. The van der Waals surface area contributed by atoms with Crippen LogP contribution in [0.5, 0.6) is 0 Å². The molecular formula is C11H8F3N3S2. The quantitative estimate of drug-likeness (QED) is 0.579. The van der Waals surface area contributed by atoms with Crippen molar-refractivity contribution in [2.75, 3.05) is 5.32 Å². The zero-order valence-electron chi connectivity index (χ0n) is 9.32. The lowest BCUT2D eigenvalue weighted by atomic mass is 10.1. The number of halogens is 3. The van der Waals surface area contributed by atoms with Gasteiger partial charge in [0.15, 0.2) is 0 Å². The van der Waals surface area contributed by atoms with Gasteiger partial charge in [-0.1, -0.05) is 12.1 Å². The summed E-state index contributed by atoms with van der Waals surface area (Å²) >= 11 is 5.15. The van der Waals surface area contributed by atoms with Crippen molar-refractivity contribution in [3.8, 4) is 6.07 Å². The van der Waals surface area contributed by atoms with E-state index in [1.807, 2.05) is 6.07 Å². The van der Waals surface area contributed by atoms with Gasteiger partial charge < -0.3 is 5.32 Å². The highest BCUT2D eigenvalue weighted by molar-refractivity contribution is 8.02. The third-order valence-electron chi connectivity index (χ3n) is 2.39. The summed E-state index contributed by atoms with van der Waals surface area (Å²) in [5, 5.41) is 11.4. The molecule has 1 aromatic carbocycles. The van der Waals surface area contributed by atoms with Crippen LogP contribution in [0.4, 0.5) is 18.9 Å². The maximum Gasteiger partial charge on any atom is 0.418 e. The van der Waals surface area contributed by atoms with Gasteiger partial charge in [-0.15, -0.1) is 0 Å². The Labute approximate surface area is 117 Å². The number of rotatable bonds is 2. The maximum absolute atomic E-state index is 12.8. The minimum Gasteiger partial charge on any atom is -0.348 e. The number of benzene rings is 1. The first-order valence-corrected chi connectivity index (χ1v) is 6.44. The number of hydrogen-bond acceptors (Lipinski definition) is 5. The first kappa shape index (κ1) is 14.1. The van der Waals surface area contributed by atoms with Gasteiger partial charge in [-0.05, 0) is 24.1 Å². The topological polar surface area (TPSA) is 47.9 Å². The Hall–Kier alpha value is -1.30. The summed E-state index contributed by atoms with van der Waals surface area (Å²) in [5.74, 6) is 0. The molecule has 8 heteroatoms. The molecule has 0 aliphatic carbocycles. The van der Waals surface area contributed by atoms with Gasteiger partial charge in [0.1, 0.15) is 11.1 Å². The molecule has 1 aromatic rings. The second-order valence-corrected chi connectivity index (χ2v) is 5.01. The highest BCUT2D eigenvalue weighted by atomic mass is 32.2. The molecule has 0 aromatic heterocycles. The summed E-state index contributed by atoms with van der Waals surface area (Å²) in [6.07, 6.45) is -4.45. The first-order chi connectivity index (χ1) is 8.93. The number of nitrogens with zero attached hydrogens (tertiary/aromatic N) is 1. The molecule has 19 heavy (non-hydrogen) atoms. The molecule has 1 aliphatic heterocycles. The largest absolute Gasteiger partial charge is 0.418 e. The van der Waals surface area contributed by atoms with Crippen molar-refractivity contribution >= 4 is 30.3 Å². The van der Waals surface area contributed by atoms with E-state index in [0.717, 1.165) is 18.0 Å². The molecule has 3 nitrogen and oxygen atoms in total. The molecule has 2 N–H and O–H groups in total. The molecule has 1 aliphatic rings. The molecule has 0 fully saturated rings. The number of para-hydroxylation sites is 1. The van der Waals surface area contributed by atoms with E-state index in [-0.39, 0.29) is 11.3 Å². The second-order valence-electron chi connectivity index (χ2n) is 3.65. The molecule has 0 saturated carbocycles. The van der Waals surface area contributed by atoms with Gasteiger partial charge in [-0.25, -0.2) is 4.72 Å². The minimum atomic E-state index is -4.45. The molecule has 1 unspecified atom stereocenters. The lowest BCUT2D eigenvalue weighted by molar-refractivity contribution is -0.136. The number of hydrogen-bond donors (Lipinski definition) is 3. The summed E-state index contributed by atoms with van der Waals surface area (Å²) in [6, 6.07) is 7.03. The number of alkyl halides is 3. The van der Waals surface area contributed by atoms with Gasteiger partial charge in [0.25, 0.3) is 0 Å². The number of thiol groups is 1. The average Bonchev–Trinajstić information content (AvgIpc) is 2.69. The highest BCUT2D eigenvalue weighted by Gasteiger charge is 2.34.